The molecule has 1 aliphatic heterocycles. The first-order valence-corrected chi connectivity index (χ1v) is 11.0. The third kappa shape index (κ3) is 3.71. The van der Waals surface area contributed by atoms with Crippen LogP contribution in [0.5, 0.6) is 5.75 Å². The van der Waals surface area contributed by atoms with Crippen LogP contribution < -0.4 is 15.4 Å². The molecule has 0 bridgehead atoms. The van der Waals surface area contributed by atoms with Crippen LogP contribution in [0.25, 0.3) is 16.6 Å². The minimum absolute atomic E-state index is 0.0775. The highest BCUT2D eigenvalue weighted by atomic mass is 19.1. The molecule has 0 unspecified atom stereocenters. The lowest BCUT2D eigenvalue weighted by Gasteiger charge is -2.32. The molecule has 0 amide bonds. The smallest absolute Gasteiger partial charge is 0.223 e. The largest absolute Gasteiger partial charge is 0.494 e. The molecule has 0 aliphatic carbocycles. The zero-order chi connectivity index (χ0) is 23.3. The molecule has 0 saturated carbocycles. The number of piperidine rings is 1. The second-order valence-corrected chi connectivity index (χ2v) is 8.62. The minimum atomic E-state index is -0.493. The summed E-state index contributed by atoms with van der Waals surface area (Å²) in [5.74, 6) is 0.531. The highest BCUT2D eigenvalue weighted by molar-refractivity contribution is 5.93. The van der Waals surface area contributed by atoms with E-state index in [1.165, 1.54) is 23.8 Å². The fraction of sp³-hybridized carbons (Fsp3) is 0.455. The molecule has 4 heterocycles. The molecule has 3 atom stereocenters. The van der Waals surface area contributed by atoms with Gasteiger partial charge in [0, 0.05) is 36.7 Å². The SMILES string of the molecule is COc1cc2nc(N)n3nc([C@@H]4CCCN(c5cnn([C@@H](C)[C@H](C)O)c5)C4)nc3c2cc1F. The van der Waals surface area contributed by atoms with Crippen LogP contribution in [0.2, 0.25) is 0 Å². The van der Waals surface area contributed by atoms with Crippen LogP contribution in [0.4, 0.5) is 16.0 Å². The molecule has 10 nitrogen and oxygen atoms in total. The van der Waals surface area contributed by atoms with E-state index in [9.17, 15) is 9.50 Å². The number of hydrogen-bond acceptors (Lipinski definition) is 8. The Morgan fingerprint density at radius 3 is 2.85 bits per heavy atom. The molecule has 0 radical (unpaired) electrons. The van der Waals surface area contributed by atoms with Crippen molar-refractivity contribution in [2.45, 2.75) is 44.8 Å². The number of nitrogen functional groups attached to an aromatic ring is 1. The van der Waals surface area contributed by atoms with Crippen LogP contribution in [0.3, 0.4) is 0 Å². The zero-order valence-corrected chi connectivity index (χ0v) is 18.8. The van der Waals surface area contributed by atoms with Gasteiger partial charge < -0.3 is 20.5 Å². The van der Waals surface area contributed by atoms with Gasteiger partial charge in [-0.15, -0.1) is 5.10 Å². The third-order valence-electron chi connectivity index (χ3n) is 6.44. The second kappa shape index (κ2) is 8.14. The number of aliphatic hydroxyl groups is 1. The van der Waals surface area contributed by atoms with E-state index in [-0.39, 0.29) is 23.7 Å². The van der Waals surface area contributed by atoms with Crippen molar-refractivity contribution in [2.75, 3.05) is 30.8 Å². The summed E-state index contributed by atoms with van der Waals surface area (Å²) in [6.45, 7) is 5.31. The van der Waals surface area contributed by atoms with Crippen molar-refractivity contribution in [3.05, 3.63) is 36.2 Å². The van der Waals surface area contributed by atoms with Gasteiger partial charge in [0.25, 0.3) is 0 Å². The maximum atomic E-state index is 14.4. The number of halogens is 1. The van der Waals surface area contributed by atoms with E-state index in [2.05, 4.69) is 20.1 Å². The van der Waals surface area contributed by atoms with Crippen LogP contribution in [-0.2, 0) is 0 Å². The van der Waals surface area contributed by atoms with Crippen molar-refractivity contribution in [3.63, 3.8) is 0 Å². The molecule has 5 rings (SSSR count). The molecule has 3 N–H and O–H groups in total. The molecule has 33 heavy (non-hydrogen) atoms. The molecule has 3 aromatic heterocycles. The number of anilines is 2. The van der Waals surface area contributed by atoms with Crippen molar-refractivity contribution in [2.24, 2.45) is 0 Å². The first kappa shape index (κ1) is 21.4. The van der Waals surface area contributed by atoms with Gasteiger partial charge in [-0.3, -0.25) is 4.68 Å². The van der Waals surface area contributed by atoms with Crippen LogP contribution >= 0.6 is 0 Å². The van der Waals surface area contributed by atoms with Gasteiger partial charge in [-0.1, -0.05) is 0 Å². The molecular formula is C22H27FN8O2. The van der Waals surface area contributed by atoms with Crippen molar-refractivity contribution in [1.29, 1.82) is 0 Å². The highest BCUT2D eigenvalue weighted by Crippen LogP contribution is 2.31. The number of hydrogen-bond donors (Lipinski definition) is 2. The van der Waals surface area contributed by atoms with E-state index in [4.69, 9.17) is 15.5 Å². The first-order chi connectivity index (χ1) is 15.9. The molecule has 174 valence electrons. The van der Waals surface area contributed by atoms with E-state index in [1.54, 1.807) is 11.6 Å². The van der Waals surface area contributed by atoms with E-state index >= 15 is 0 Å². The normalized spacial score (nSPS) is 18.7. The highest BCUT2D eigenvalue weighted by Gasteiger charge is 2.27. The fourth-order valence-electron chi connectivity index (χ4n) is 4.33. The molecule has 0 spiro atoms. The summed E-state index contributed by atoms with van der Waals surface area (Å²) in [5, 5.41) is 19.4. The van der Waals surface area contributed by atoms with Crippen molar-refractivity contribution >= 4 is 28.2 Å². The van der Waals surface area contributed by atoms with Crippen molar-refractivity contribution < 1.29 is 14.2 Å². The van der Waals surface area contributed by atoms with Gasteiger partial charge in [-0.25, -0.2) is 14.4 Å². The predicted molar refractivity (Wildman–Crippen MR) is 122 cm³/mol. The summed E-state index contributed by atoms with van der Waals surface area (Å²) in [4.78, 5) is 11.4. The van der Waals surface area contributed by atoms with Crippen molar-refractivity contribution in [1.82, 2.24) is 29.4 Å². The van der Waals surface area contributed by atoms with Crippen LogP contribution in [0.1, 0.15) is 44.5 Å². The molecule has 1 aromatic carbocycles. The lowest BCUT2D eigenvalue weighted by molar-refractivity contribution is 0.132. The van der Waals surface area contributed by atoms with Crippen molar-refractivity contribution in [3.8, 4) is 5.75 Å². The first-order valence-electron chi connectivity index (χ1n) is 11.0. The maximum absolute atomic E-state index is 14.4. The standard InChI is InChI=1S/C22H27FN8O2/c1-12(13(2)32)30-11-15(9-25-30)29-6-4-5-14(10-29)20-27-21-16-7-17(23)19(33-3)8-18(16)26-22(24)31(21)28-20/h7-9,11-14,32H,4-6,10H2,1-3H3,(H2,24,26)/t12-,13-,14+/m0/s1. The molecule has 1 fully saturated rings. The summed E-state index contributed by atoms with van der Waals surface area (Å²) in [6.07, 6.45) is 5.19. The van der Waals surface area contributed by atoms with Gasteiger partial charge in [0.05, 0.1) is 36.7 Å². The van der Waals surface area contributed by atoms with Gasteiger partial charge in [-0.2, -0.15) is 9.61 Å². The van der Waals surface area contributed by atoms with E-state index in [0.29, 0.717) is 22.4 Å². The summed E-state index contributed by atoms with van der Waals surface area (Å²) < 4.78 is 22.7. The average Bonchev–Trinajstić information content (AvgIpc) is 3.47. The Bertz CT molecular complexity index is 1320. The lowest BCUT2D eigenvalue weighted by Crippen LogP contribution is -2.34. The van der Waals surface area contributed by atoms with E-state index in [1.807, 2.05) is 19.3 Å². The van der Waals surface area contributed by atoms with Gasteiger partial charge >= 0.3 is 0 Å². The molecule has 4 aromatic rings. The Labute approximate surface area is 189 Å². The summed E-state index contributed by atoms with van der Waals surface area (Å²) >= 11 is 0. The van der Waals surface area contributed by atoms with Gasteiger partial charge in [0.15, 0.2) is 23.0 Å². The second-order valence-electron chi connectivity index (χ2n) is 8.62. The number of methoxy groups -OCH3 is 1. The van der Waals surface area contributed by atoms with Crippen LogP contribution in [-0.4, -0.2) is 60.8 Å². The fourth-order valence-corrected chi connectivity index (χ4v) is 4.33. The Kier molecular flexibility index (Phi) is 5.28. The minimum Gasteiger partial charge on any atom is -0.494 e. The molecule has 11 heteroatoms. The van der Waals surface area contributed by atoms with Gasteiger partial charge in [0.2, 0.25) is 5.95 Å². The topological polar surface area (TPSA) is 120 Å². The Morgan fingerprint density at radius 2 is 2.09 bits per heavy atom. The van der Waals surface area contributed by atoms with E-state index < -0.39 is 11.9 Å². The maximum Gasteiger partial charge on any atom is 0.223 e. The predicted octanol–water partition coefficient (Wildman–Crippen LogP) is 2.53. The Balaban J connectivity index is 1.47. The molecule has 1 saturated heterocycles. The summed E-state index contributed by atoms with van der Waals surface area (Å²) in [7, 11) is 1.41. The number of ether oxygens (including phenoxy) is 1. The van der Waals surface area contributed by atoms with Crippen LogP contribution in [0, 0.1) is 5.82 Å². The number of aliphatic hydroxyl groups excluding tert-OH is 1. The Hall–Kier alpha value is -3.47. The number of nitrogens with zero attached hydrogens (tertiary/aromatic N) is 7. The van der Waals surface area contributed by atoms with Crippen LogP contribution in [0.15, 0.2) is 24.5 Å². The number of fused-ring (bicyclic) bond motifs is 3. The Morgan fingerprint density at radius 1 is 1.27 bits per heavy atom. The molecular weight excluding hydrogens is 427 g/mol. The van der Waals surface area contributed by atoms with Gasteiger partial charge in [-0.05, 0) is 32.8 Å². The number of nitrogens with two attached hydrogens (primary N) is 1. The number of rotatable bonds is 5. The quantitative estimate of drug-likeness (QED) is 0.472. The zero-order valence-electron chi connectivity index (χ0n) is 18.8. The lowest BCUT2D eigenvalue weighted by atomic mass is 9.97. The summed E-state index contributed by atoms with van der Waals surface area (Å²) in [5.41, 5.74) is 8.12. The summed E-state index contributed by atoms with van der Waals surface area (Å²) in [6, 6.07) is 2.77. The monoisotopic (exact) mass is 454 g/mol. The third-order valence-corrected chi connectivity index (χ3v) is 6.44. The number of benzene rings is 1. The van der Waals surface area contributed by atoms with E-state index in [0.717, 1.165) is 31.6 Å². The average molecular weight is 455 g/mol. The number of aromatic nitrogens is 6. The van der Waals surface area contributed by atoms with Gasteiger partial charge in [0.1, 0.15) is 0 Å². The molecule has 1 aliphatic rings.